The van der Waals surface area contributed by atoms with E-state index in [1.165, 1.54) is 198 Å². The van der Waals surface area contributed by atoms with Crippen molar-refractivity contribution in [2.45, 2.75) is 232 Å². The monoisotopic (exact) mass is 574 g/mol. The Balaban J connectivity index is 2.44. The van der Waals surface area contributed by atoms with Crippen molar-refractivity contribution >= 4 is 0 Å². The number of aromatic nitrogens is 2. The highest BCUT2D eigenvalue weighted by molar-refractivity contribution is 4.90. The molecular formula is C39H77N2+. The van der Waals surface area contributed by atoms with Gasteiger partial charge in [0, 0.05) is 0 Å². The van der Waals surface area contributed by atoms with Gasteiger partial charge in [0.1, 0.15) is 12.4 Å². The number of nitrogens with one attached hydrogen (secondary N) is 1. The third-order valence-electron chi connectivity index (χ3n) is 9.64. The average Bonchev–Trinajstić information content (AvgIpc) is 3.47. The number of H-pyrrole nitrogens is 1. The Morgan fingerprint density at radius 3 is 1.15 bits per heavy atom. The Hall–Kier alpha value is -0.790. The van der Waals surface area contributed by atoms with Crippen LogP contribution in [-0.4, -0.2) is 4.98 Å². The van der Waals surface area contributed by atoms with Crippen LogP contribution in [0.3, 0.4) is 0 Å². The largest absolute Gasteiger partial charge is 0.257 e. The van der Waals surface area contributed by atoms with E-state index in [0.717, 1.165) is 0 Å². The zero-order chi connectivity index (χ0) is 29.6. The summed E-state index contributed by atoms with van der Waals surface area (Å²) < 4.78 is 2.63. The Bertz CT molecular complexity index is 635. The Morgan fingerprint density at radius 2 is 0.780 bits per heavy atom. The molecule has 1 aromatic rings. The molecule has 0 aliphatic rings. The lowest BCUT2D eigenvalue weighted by Gasteiger charge is -2.17. The van der Waals surface area contributed by atoms with E-state index in [4.69, 9.17) is 0 Å². The van der Waals surface area contributed by atoms with Crippen molar-refractivity contribution in [1.82, 2.24) is 4.98 Å². The van der Waals surface area contributed by atoms with Crippen molar-refractivity contribution in [2.24, 2.45) is 0 Å². The van der Waals surface area contributed by atoms with Crippen LogP contribution in [-0.2, 0) is 0 Å². The zero-order valence-corrected chi connectivity index (χ0v) is 29.0. The van der Waals surface area contributed by atoms with Gasteiger partial charge < -0.3 is 0 Å². The van der Waals surface area contributed by atoms with E-state index in [9.17, 15) is 0 Å². The molecule has 0 saturated carbocycles. The predicted molar refractivity (Wildman–Crippen MR) is 184 cm³/mol. The maximum atomic E-state index is 3.74. The Morgan fingerprint density at radius 1 is 0.463 bits per heavy atom. The van der Waals surface area contributed by atoms with Crippen LogP contribution in [0.1, 0.15) is 238 Å². The molecule has 1 N–H and O–H groups in total. The summed E-state index contributed by atoms with van der Waals surface area (Å²) in [7, 11) is 0. The lowest BCUT2D eigenvalue weighted by Crippen LogP contribution is -2.41. The molecule has 0 amide bonds. The van der Waals surface area contributed by atoms with Crippen LogP contribution in [0.4, 0.5) is 0 Å². The van der Waals surface area contributed by atoms with E-state index in [1.807, 2.05) is 0 Å². The highest BCUT2D eigenvalue weighted by Crippen LogP contribution is 2.27. The van der Waals surface area contributed by atoms with Crippen molar-refractivity contribution < 1.29 is 4.57 Å². The van der Waals surface area contributed by atoms with E-state index in [1.54, 1.807) is 0 Å². The fourth-order valence-electron chi connectivity index (χ4n) is 6.78. The molecule has 1 rings (SSSR count). The second kappa shape index (κ2) is 29.3. The van der Waals surface area contributed by atoms with Crippen molar-refractivity contribution in [3.05, 3.63) is 18.2 Å². The van der Waals surface area contributed by atoms with Crippen molar-refractivity contribution in [3.8, 4) is 0 Å². The molecule has 0 bridgehead atoms. The standard InChI is InChI=1S/C39H76N2/c1-5-8-11-14-17-19-20-22-25-28-31-34-38(33-30-27-24-21-18-15-12-9-6-2)39-40-35-36-41(39)37(4)32-29-26-23-16-13-10-7-3/h35-38H,5-34H2,1-4H3/p+1. The number of unbranched alkanes of at least 4 members (excludes halogenated alkanes) is 24. The molecule has 0 aliphatic carbocycles. The summed E-state index contributed by atoms with van der Waals surface area (Å²) in [5.74, 6) is 2.25. The van der Waals surface area contributed by atoms with Crippen molar-refractivity contribution in [1.29, 1.82) is 0 Å². The summed E-state index contributed by atoms with van der Waals surface area (Å²) in [6.45, 7) is 9.41. The molecule has 2 heteroatoms. The molecule has 0 aromatic carbocycles. The van der Waals surface area contributed by atoms with Gasteiger partial charge >= 0.3 is 0 Å². The summed E-state index contributed by atoms with van der Waals surface area (Å²) in [6.07, 6.45) is 47.2. The second-order valence-electron chi connectivity index (χ2n) is 13.6. The van der Waals surface area contributed by atoms with Crippen molar-refractivity contribution in [3.63, 3.8) is 0 Å². The SMILES string of the molecule is CCCCCCCCCCCCCC(CCCCCCCCCCC)c1[nH]cc[n+]1C(C)CCCCCCCCC. The minimum absolute atomic E-state index is 0.620. The second-order valence-corrected chi connectivity index (χ2v) is 13.6. The van der Waals surface area contributed by atoms with Gasteiger partial charge in [-0.05, 0) is 32.6 Å². The van der Waals surface area contributed by atoms with Crippen molar-refractivity contribution in [2.75, 3.05) is 0 Å². The topological polar surface area (TPSA) is 19.7 Å². The van der Waals surface area contributed by atoms with E-state index in [2.05, 4.69) is 49.6 Å². The smallest absolute Gasteiger partial charge is 0.247 e. The van der Waals surface area contributed by atoms with Crippen LogP contribution in [0.25, 0.3) is 0 Å². The first kappa shape index (κ1) is 38.2. The summed E-state index contributed by atoms with van der Waals surface area (Å²) in [6, 6.07) is 0.620. The van der Waals surface area contributed by atoms with E-state index in [-0.39, 0.29) is 0 Å². The van der Waals surface area contributed by atoms with Crippen LogP contribution in [0.15, 0.2) is 12.4 Å². The molecular weight excluding hydrogens is 496 g/mol. The number of nitrogens with zero attached hydrogens (tertiary/aromatic N) is 1. The minimum atomic E-state index is 0.620. The quantitative estimate of drug-likeness (QED) is 0.0653. The van der Waals surface area contributed by atoms with Gasteiger partial charge in [0.25, 0.3) is 5.82 Å². The third kappa shape index (κ3) is 21.5. The molecule has 2 nitrogen and oxygen atoms in total. The summed E-state index contributed by atoms with van der Waals surface area (Å²) >= 11 is 0. The van der Waals surface area contributed by atoms with Crippen LogP contribution >= 0.6 is 0 Å². The van der Waals surface area contributed by atoms with E-state index >= 15 is 0 Å². The van der Waals surface area contributed by atoms with Crippen LogP contribution < -0.4 is 4.57 Å². The molecule has 2 atom stereocenters. The van der Waals surface area contributed by atoms with Gasteiger partial charge in [-0.2, -0.15) is 0 Å². The van der Waals surface area contributed by atoms with Gasteiger partial charge in [-0.15, -0.1) is 0 Å². The molecule has 0 aliphatic heterocycles. The minimum Gasteiger partial charge on any atom is -0.247 e. The highest BCUT2D eigenvalue weighted by Gasteiger charge is 2.25. The van der Waals surface area contributed by atoms with Gasteiger partial charge in [-0.25, -0.2) is 9.55 Å². The molecule has 1 aromatic heterocycles. The molecule has 242 valence electrons. The van der Waals surface area contributed by atoms with E-state index < -0.39 is 0 Å². The Labute approximate surface area is 259 Å². The number of rotatable bonds is 32. The van der Waals surface area contributed by atoms with E-state index in [0.29, 0.717) is 12.0 Å². The lowest BCUT2D eigenvalue weighted by molar-refractivity contribution is -0.727. The number of aromatic amines is 1. The molecule has 0 radical (unpaired) electrons. The Kier molecular flexibility index (Phi) is 27.3. The zero-order valence-electron chi connectivity index (χ0n) is 29.0. The first-order valence-corrected chi connectivity index (χ1v) is 19.3. The summed E-state index contributed by atoms with van der Waals surface area (Å²) in [4.78, 5) is 3.74. The lowest BCUT2D eigenvalue weighted by atomic mass is 9.92. The molecule has 0 spiro atoms. The number of imidazole rings is 1. The van der Waals surface area contributed by atoms with Crippen LogP contribution in [0.2, 0.25) is 0 Å². The number of hydrogen-bond donors (Lipinski definition) is 1. The summed E-state index contributed by atoms with van der Waals surface area (Å²) in [5.41, 5.74) is 0. The maximum Gasteiger partial charge on any atom is 0.257 e. The van der Waals surface area contributed by atoms with Gasteiger partial charge in [-0.3, -0.25) is 0 Å². The number of hydrogen-bond acceptors (Lipinski definition) is 0. The molecule has 1 heterocycles. The molecule has 0 fully saturated rings. The molecule has 2 unspecified atom stereocenters. The molecule has 41 heavy (non-hydrogen) atoms. The fraction of sp³-hybridized carbons (Fsp3) is 0.923. The van der Waals surface area contributed by atoms with Gasteiger partial charge in [0.2, 0.25) is 0 Å². The normalized spacial score (nSPS) is 13.2. The van der Waals surface area contributed by atoms with Gasteiger partial charge in [0.15, 0.2) is 0 Å². The summed E-state index contributed by atoms with van der Waals surface area (Å²) in [5, 5.41) is 0. The van der Waals surface area contributed by atoms with Gasteiger partial charge in [-0.1, -0.05) is 188 Å². The van der Waals surface area contributed by atoms with Crippen LogP contribution in [0.5, 0.6) is 0 Å². The molecule has 0 saturated heterocycles. The fourth-order valence-corrected chi connectivity index (χ4v) is 6.78. The van der Waals surface area contributed by atoms with Gasteiger partial charge in [0.05, 0.1) is 12.0 Å². The van der Waals surface area contributed by atoms with Crippen LogP contribution in [0, 0.1) is 0 Å². The first-order valence-electron chi connectivity index (χ1n) is 19.3. The third-order valence-corrected chi connectivity index (χ3v) is 9.64. The maximum absolute atomic E-state index is 3.74. The average molecular weight is 574 g/mol. The first-order chi connectivity index (χ1) is 20.2. The predicted octanol–water partition coefficient (Wildman–Crippen LogP) is 13.7. The highest BCUT2D eigenvalue weighted by atomic mass is 15.1.